The largest absolute Gasteiger partial charge is 0.390 e. The molecule has 0 bridgehead atoms. The molecule has 3 nitrogen and oxygen atoms in total. The number of rotatable bonds is 7. The highest BCUT2D eigenvalue weighted by Crippen LogP contribution is 2.23. The lowest BCUT2D eigenvalue weighted by atomic mass is 9.96. The fourth-order valence-corrected chi connectivity index (χ4v) is 2.47. The molecule has 1 aromatic carbocycles. The molecule has 0 aliphatic heterocycles. The van der Waals surface area contributed by atoms with Crippen LogP contribution in [-0.2, 0) is 6.54 Å². The summed E-state index contributed by atoms with van der Waals surface area (Å²) in [6.45, 7) is 9.04. The molecule has 0 saturated carbocycles. The summed E-state index contributed by atoms with van der Waals surface area (Å²) in [6.07, 6.45) is 2.06. The van der Waals surface area contributed by atoms with Gasteiger partial charge in [-0.3, -0.25) is 4.90 Å². The van der Waals surface area contributed by atoms with Crippen LogP contribution in [0, 0.1) is 11.3 Å². The third-order valence-electron chi connectivity index (χ3n) is 3.74. The van der Waals surface area contributed by atoms with Gasteiger partial charge >= 0.3 is 0 Å². The fraction of sp³-hybridized carbons (Fsp3) is 0.611. The smallest absolute Gasteiger partial charge is 0.125 e. The van der Waals surface area contributed by atoms with Crippen molar-refractivity contribution in [3.05, 3.63) is 35.9 Å². The zero-order chi connectivity index (χ0) is 15.9. The van der Waals surface area contributed by atoms with Crippen molar-refractivity contribution in [1.82, 2.24) is 4.90 Å². The van der Waals surface area contributed by atoms with Crippen LogP contribution < -0.4 is 0 Å². The summed E-state index contributed by atoms with van der Waals surface area (Å²) in [4.78, 5) is 2.10. The van der Waals surface area contributed by atoms with Gasteiger partial charge in [-0.25, -0.2) is 0 Å². The lowest BCUT2D eigenvalue weighted by molar-refractivity contribution is 0.0141. The molecule has 0 aliphatic carbocycles. The molecule has 0 unspecified atom stereocenters. The van der Waals surface area contributed by atoms with Crippen LogP contribution in [0.3, 0.4) is 0 Å². The second kappa shape index (κ2) is 8.17. The Balaban J connectivity index is 2.93. The number of benzene rings is 1. The van der Waals surface area contributed by atoms with Gasteiger partial charge < -0.3 is 5.11 Å². The van der Waals surface area contributed by atoms with Crippen molar-refractivity contribution in [3.63, 3.8) is 0 Å². The van der Waals surface area contributed by atoms with Crippen LogP contribution in [0.4, 0.5) is 0 Å². The van der Waals surface area contributed by atoms with E-state index in [-0.39, 0.29) is 5.54 Å². The van der Waals surface area contributed by atoms with Gasteiger partial charge in [0.25, 0.3) is 0 Å². The van der Waals surface area contributed by atoms with Crippen LogP contribution in [-0.4, -0.2) is 27.7 Å². The van der Waals surface area contributed by atoms with Crippen LogP contribution in [0.25, 0.3) is 0 Å². The first kappa shape index (κ1) is 17.7. The van der Waals surface area contributed by atoms with E-state index >= 15 is 0 Å². The third kappa shape index (κ3) is 5.49. The summed E-state index contributed by atoms with van der Waals surface area (Å²) in [6, 6.07) is 12.0. The monoisotopic (exact) mass is 288 g/mol. The maximum atomic E-state index is 10.4. The first-order valence-electron chi connectivity index (χ1n) is 7.78. The van der Waals surface area contributed by atoms with Crippen LogP contribution >= 0.6 is 0 Å². The molecule has 1 aromatic rings. The molecule has 0 saturated heterocycles. The van der Waals surface area contributed by atoms with E-state index in [1.165, 1.54) is 0 Å². The Morgan fingerprint density at radius 2 is 1.86 bits per heavy atom. The first-order chi connectivity index (χ1) is 9.90. The number of hydrogen-bond donors (Lipinski definition) is 1. The van der Waals surface area contributed by atoms with Crippen molar-refractivity contribution in [3.8, 4) is 6.07 Å². The molecule has 0 fully saturated rings. The minimum atomic E-state index is -0.599. The molecule has 1 rings (SSSR count). The quantitative estimate of drug-likeness (QED) is 0.831. The summed E-state index contributed by atoms with van der Waals surface area (Å²) in [5.74, 6) is 0. The first-order valence-corrected chi connectivity index (χ1v) is 7.78. The van der Waals surface area contributed by atoms with Crippen LogP contribution in [0.1, 0.15) is 52.5 Å². The van der Waals surface area contributed by atoms with E-state index in [1.54, 1.807) is 0 Å². The highest BCUT2D eigenvalue weighted by atomic mass is 16.3. The number of hydrogen-bond acceptors (Lipinski definition) is 3. The molecular formula is C18H28N2O. The molecule has 0 aromatic heterocycles. The second-order valence-corrected chi connectivity index (χ2v) is 6.57. The summed E-state index contributed by atoms with van der Waals surface area (Å²) in [7, 11) is 0. The van der Waals surface area contributed by atoms with Gasteiger partial charge in [-0.05, 0) is 32.8 Å². The van der Waals surface area contributed by atoms with Crippen LogP contribution in [0.15, 0.2) is 30.3 Å². The summed E-state index contributed by atoms with van der Waals surface area (Å²) >= 11 is 0. The van der Waals surface area contributed by atoms with Crippen LogP contribution in [0.2, 0.25) is 0 Å². The number of nitriles is 1. The third-order valence-corrected chi connectivity index (χ3v) is 3.74. The van der Waals surface area contributed by atoms with E-state index in [0.29, 0.717) is 13.0 Å². The minimum absolute atomic E-state index is 0.177. The Morgan fingerprint density at radius 1 is 1.24 bits per heavy atom. The maximum absolute atomic E-state index is 10.4. The molecule has 1 N–H and O–H groups in total. The Morgan fingerprint density at radius 3 is 2.33 bits per heavy atom. The number of nitrogens with zero attached hydrogens (tertiary/aromatic N) is 2. The number of unbranched alkanes of at least 4 members (excludes halogenated alkanes) is 1. The van der Waals surface area contributed by atoms with Gasteiger partial charge in [0, 0.05) is 12.1 Å². The van der Waals surface area contributed by atoms with Crippen molar-refractivity contribution < 1.29 is 5.11 Å². The Hall–Kier alpha value is -1.37. The Kier molecular flexibility index (Phi) is 6.87. The lowest BCUT2D eigenvalue weighted by Gasteiger charge is -2.40. The molecule has 0 heterocycles. The minimum Gasteiger partial charge on any atom is -0.390 e. The van der Waals surface area contributed by atoms with E-state index in [4.69, 9.17) is 0 Å². The zero-order valence-corrected chi connectivity index (χ0v) is 13.7. The van der Waals surface area contributed by atoms with Gasteiger partial charge in [0.05, 0.1) is 12.2 Å². The molecule has 0 amide bonds. The average Bonchev–Trinajstić information content (AvgIpc) is 2.45. The van der Waals surface area contributed by atoms with Crippen molar-refractivity contribution >= 4 is 0 Å². The highest BCUT2D eigenvalue weighted by Gasteiger charge is 2.33. The molecule has 21 heavy (non-hydrogen) atoms. The predicted octanol–water partition coefficient (Wildman–Crippen LogP) is 3.73. The van der Waals surface area contributed by atoms with Gasteiger partial charge in [-0.1, -0.05) is 50.1 Å². The lowest BCUT2D eigenvalue weighted by Crippen LogP contribution is -2.51. The van der Waals surface area contributed by atoms with Crippen molar-refractivity contribution in [1.29, 1.82) is 5.26 Å². The molecule has 0 spiro atoms. The Labute approximate surface area is 129 Å². The zero-order valence-electron chi connectivity index (χ0n) is 13.7. The van der Waals surface area contributed by atoms with Crippen LogP contribution in [0.5, 0.6) is 0 Å². The van der Waals surface area contributed by atoms with E-state index < -0.39 is 12.1 Å². The van der Waals surface area contributed by atoms with Gasteiger partial charge in [-0.15, -0.1) is 0 Å². The molecule has 2 atom stereocenters. The van der Waals surface area contributed by atoms with E-state index in [1.807, 2.05) is 18.2 Å². The summed E-state index contributed by atoms with van der Waals surface area (Å²) < 4.78 is 0. The normalized spacial score (nSPS) is 14.7. The molecule has 0 aliphatic rings. The van der Waals surface area contributed by atoms with Gasteiger partial charge in [-0.2, -0.15) is 5.26 Å². The summed E-state index contributed by atoms with van der Waals surface area (Å²) in [5, 5.41) is 19.9. The number of aliphatic hydroxyl groups excluding tert-OH is 1. The average molecular weight is 288 g/mol. The van der Waals surface area contributed by atoms with E-state index in [9.17, 15) is 10.4 Å². The molecule has 116 valence electrons. The van der Waals surface area contributed by atoms with Crippen molar-refractivity contribution in [2.24, 2.45) is 0 Å². The molecule has 3 heteroatoms. The molecule has 0 radical (unpaired) electrons. The second-order valence-electron chi connectivity index (χ2n) is 6.57. The van der Waals surface area contributed by atoms with Crippen molar-refractivity contribution in [2.45, 2.75) is 71.2 Å². The fourth-order valence-electron chi connectivity index (χ4n) is 2.47. The van der Waals surface area contributed by atoms with Crippen molar-refractivity contribution in [2.75, 3.05) is 0 Å². The summed E-state index contributed by atoms with van der Waals surface area (Å²) in [5.41, 5.74) is 0.985. The predicted molar refractivity (Wildman–Crippen MR) is 86.7 cm³/mol. The van der Waals surface area contributed by atoms with Gasteiger partial charge in [0.15, 0.2) is 0 Å². The van der Waals surface area contributed by atoms with Gasteiger partial charge in [0.2, 0.25) is 0 Å². The standard InChI is InChI=1S/C18H28N2O/c1-5-6-12-17(21)16(13-19)20(18(2,3)4)14-15-10-8-7-9-11-15/h7-11,16-17,21H,5-6,12,14H2,1-4H3/t16-,17-/m1/s1. The van der Waals surface area contributed by atoms with E-state index in [0.717, 1.165) is 18.4 Å². The Bertz CT molecular complexity index is 445. The number of aliphatic hydroxyl groups is 1. The molecular weight excluding hydrogens is 260 g/mol. The van der Waals surface area contributed by atoms with Gasteiger partial charge in [0.1, 0.15) is 6.04 Å². The topological polar surface area (TPSA) is 47.3 Å². The highest BCUT2D eigenvalue weighted by molar-refractivity contribution is 5.16. The SMILES string of the molecule is CCCC[C@@H](O)[C@@H](C#N)N(Cc1ccccc1)C(C)(C)C. The maximum Gasteiger partial charge on any atom is 0.125 e. The van der Waals surface area contributed by atoms with E-state index in [2.05, 4.69) is 50.8 Å².